The summed E-state index contributed by atoms with van der Waals surface area (Å²) in [6.07, 6.45) is 1.66. The first-order valence-corrected chi connectivity index (χ1v) is 7.75. The average molecular weight is 314 g/mol. The second-order valence-electron chi connectivity index (χ2n) is 5.37. The molecule has 0 aliphatic carbocycles. The standard InChI is InChI=1S/C18H19NO4/c1-3-21-18(20)17-14(13-7-4-5-8-16(13)23-17)11-19-12(2)15-9-6-10-22-15/h4-10,12,19H,3,11H2,1-2H3/p+1/t12-/m0/s1. The number of carbonyl (C=O) groups excluding carboxylic acids is 1. The number of benzene rings is 1. The van der Waals surface area contributed by atoms with Crippen LogP contribution in [0.15, 0.2) is 51.5 Å². The molecule has 2 aromatic heterocycles. The molecule has 2 N–H and O–H groups in total. The van der Waals surface area contributed by atoms with Gasteiger partial charge in [0.1, 0.15) is 18.2 Å². The molecular formula is C18H20NO4+. The molecule has 0 radical (unpaired) electrons. The van der Waals surface area contributed by atoms with Gasteiger partial charge in [-0.3, -0.25) is 0 Å². The molecule has 2 heterocycles. The molecule has 0 aliphatic heterocycles. The second-order valence-corrected chi connectivity index (χ2v) is 5.37. The molecule has 3 aromatic rings. The van der Waals surface area contributed by atoms with Crippen molar-refractivity contribution in [1.82, 2.24) is 0 Å². The lowest BCUT2D eigenvalue weighted by Crippen LogP contribution is -2.83. The predicted molar refractivity (Wildman–Crippen MR) is 84.9 cm³/mol. The van der Waals surface area contributed by atoms with Gasteiger partial charge in [-0.25, -0.2) is 4.79 Å². The second kappa shape index (κ2) is 6.71. The lowest BCUT2D eigenvalue weighted by Gasteiger charge is -2.08. The van der Waals surface area contributed by atoms with Crippen LogP contribution in [0.3, 0.4) is 0 Å². The summed E-state index contributed by atoms with van der Waals surface area (Å²) in [7, 11) is 0. The first-order valence-electron chi connectivity index (χ1n) is 7.75. The van der Waals surface area contributed by atoms with E-state index in [1.807, 2.05) is 36.4 Å². The fourth-order valence-electron chi connectivity index (χ4n) is 2.62. The highest BCUT2D eigenvalue weighted by Gasteiger charge is 2.23. The van der Waals surface area contributed by atoms with Crippen LogP contribution in [0.25, 0.3) is 11.0 Å². The predicted octanol–water partition coefficient (Wildman–Crippen LogP) is 3.03. The van der Waals surface area contributed by atoms with Crippen molar-refractivity contribution in [2.45, 2.75) is 26.4 Å². The molecule has 0 fully saturated rings. The molecule has 120 valence electrons. The number of esters is 1. The van der Waals surface area contributed by atoms with Crippen LogP contribution in [0.1, 0.15) is 41.8 Å². The Labute approximate surface area is 134 Å². The molecular weight excluding hydrogens is 294 g/mol. The number of fused-ring (bicyclic) bond motifs is 1. The molecule has 0 amide bonds. The van der Waals surface area contributed by atoms with Crippen molar-refractivity contribution >= 4 is 16.9 Å². The van der Waals surface area contributed by atoms with E-state index in [4.69, 9.17) is 13.6 Å². The van der Waals surface area contributed by atoms with Gasteiger partial charge in [0, 0.05) is 5.39 Å². The minimum absolute atomic E-state index is 0.147. The van der Waals surface area contributed by atoms with Crippen molar-refractivity contribution in [3.63, 3.8) is 0 Å². The fraction of sp³-hybridized carbons (Fsp3) is 0.278. The highest BCUT2D eigenvalue weighted by molar-refractivity contribution is 5.95. The Morgan fingerprint density at radius 3 is 2.83 bits per heavy atom. The maximum absolute atomic E-state index is 12.2. The number of quaternary nitrogens is 1. The van der Waals surface area contributed by atoms with E-state index in [0.717, 1.165) is 16.7 Å². The maximum Gasteiger partial charge on any atom is 0.374 e. The Morgan fingerprint density at radius 1 is 1.26 bits per heavy atom. The zero-order valence-electron chi connectivity index (χ0n) is 13.2. The highest BCUT2D eigenvalue weighted by Crippen LogP contribution is 2.26. The number of hydrogen-bond acceptors (Lipinski definition) is 4. The quantitative estimate of drug-likeness (QED) is 0.710. The third-order valence-corrected chi connectivity index (χ3v) is 3.83. The summed E-state index contributed by atoms with van der Waals surface area (Å²) in [5, 5.41) is 3.05. The van der Waals surface area contributed by atoms with E-state index in [1.54, 1.807) is 13.2 Å². The van der Waals surface area contributed by atoms with Gasteiger partial charge in [-0.05, 0) is 32.0 Å². The van der Waals surface area contributed by atoms with Crippen LogP contribution in [0.4, 0.5) is 0 Å². The van der Waals surface area contributed by atoms with Gasteiger partial charge < -0.3 is 18.9 Å². The van der Waals surface area contributed by atoms with Crippen molar-refractivity contribution in [3.8, 4) is 0 Å². The van der Waals surface area contributed by atoms with Crippen LogP contribution in [-0.2, 0) is 11.3 Å². The molecule has 5 nitrogen and oxygen atoms in total. The Hall–Kier alpha value is -2.53. The lowest BCUT2D eigenvalue weighted by molar-refractivity contribution is -0.709. The molecule has 0 saturated carbocycles. The molecule has 1 aromatic carbocycles. The summed E-state index contributed by atoms with van der Waals surface area (Å²) in [5.41, 5.74) is 1.56. The third kappa shape index (κ3) is 3.14. The van der Waals surface area contributed by atoms with Crippen LogP contribution >= 0.6 is 0 Å². The van der Waals surface area contributed by atoms with Gasteiger partial charge in [0.2, 0.25) is 5.76 Å². The zero-order valence-corrected chi connectivity index (χ0v) is 13.2. The number of rotatable bonds is 6. The molecule has 0 saturated heterocycles. The van der Waals surface area contributed by atoms with Crippen LogP contribution in [0.2, 0.25) is 0 Å². The number of para-hydroxylation sites is 1. The Morgan fingerprint density at radius 2 is 2.09 bits per heavy atom. The Kier molecular flexibility index (Phi) is 4.48. The number of ether oxygens (including phenoxy) is 1. The molecule has 0 spiro atoms. The van der Waals surface area contributed by atoms with Crippen LogP contribution in [0, 0.1) is 0 Å². The summed E-state index contributed by atoms with van der Waals surface area (Å²) in [5.74, 6) is 0.768. The summed E-state index contributed by atoms with van der Waals surface area (Å²) >= 11 is 0. The van der Waals surface area contributed by atoms with E-state index in [-0.39, 0.29) is 11.8 Å². The van der Waals surface area contributed by atoms with Gasteiger partial charge in [0.25, 0.3) is 0 Å². The van der Waals surface area contributed by atoms with Gasteiger partial charge in [-0.15, -0.1) is 0 Å². The maximum atomic E-state index is 12.2. The average Bonchev–Trinajstić information content (AvgIpc) is 3.20. The van der Waals surface area contributed by atoms with Gasteiger partial charge in [0.15, 0.2) is 5.76 Å². The van der Waals surface area contributed by atoms with E-state index in [2.05, 4.69) is 12.2 Å². The summed E-state index contributed by atoms with van der Waals surface area (Å²) in [6.45, 7) is 4.77. The molecule has 0 bridgehead atoms. The van der Waals surface area contributed by atoms with Gasteiger partial charge >= 0.3 is 5.97 Å². The summed E-state index contributed by atoms with van der Waals surface area (Å²) in [4.78, 5) is 12.2. The number of hydrogen-bond donors (Lipinski definition) is 1. The van der Waals surface area contributed by atoms with Crippen LogP contribution < -0.4 is 5.32 Å². The van der Waals surface area contributed by atoms with Crippen molar-refractivity contribution in [2.75, 3.05) is 6.61 Å². The van der Waals surface area contributed by atoms with Gasteiger partial charge in [-0.2, -0.15) is 0 Å². The SMILES string of the molecule is CCOC(=O)c1oc2ccccc2c1C[NH2+][C@@H](C)c1ccco1. The van der Waals surface area contributed by atoms with Crippen molar-refractivity contribution in [2.24, 2.45) is 0 Å². The molecule has 0 unspecified atom stereocenters. The normalized spacial score (nSPS) is 12.4. The number of carbonyl (C=O) groups is 1. The molecule has 1 atom stereocenters. The van der Waals surface area contributed by atoms with Gasteiger partial charge in [0.05, 0.1) is 18.4 Å². The van der Waals surface area contributed by atoms with E-state index >= 15 is 0 Å². The smallest absolute Gasteiger partial charge is 0.374 e. The van der Waals surface area contributed by atoms with Crippen molar-refractivity contribution in [1.29, 1.82) is 0 Å². The minimum atomic E-state index is -0.419. The first-order chi connectivity index (χ1) is 11.2. The largest absolute Gasteiger partial charge is 0.463 e. The van der Waals surface area contributed by atoms with Crippen molar-refractivity contribution < 1.29 is 23.7 Å². The van der Waals surface area contributed by atoms with E-state index < -0.39 is 5.97 Å². The van der Waals surface area contributed by atoms with Crippen molar-refractivity contribution in [3.05, 3.63) is 59.7 Å². The number of furan rings is 2. The summed E-state index contributed by atoms with van der Waals surface area (Å²) in [6, 6.07) is 11.6. The first kappa shape index (κ1) is 15.4. The van der Waals surface area contributed by atoms with Crippen LogP contribution in [0.5, 0.6) is 0 Å². The van der Waals surface area contributed by atoms with Crippen LogP contribution in [-0.4, -0.2) is 12.6 Å². The molecule has 5 heteroatoms. The molecule has 3 rings (SSSR count). The van der Waals surface area contributed by atoms with Gasteiger partial charge in [-0.1, -0.05) is 18.2 Å². The monoisotopic (exact) mass is 314 g/mol. The fourth-order valence-corrected chi connectivity index (χ4v) is 2.62. The third-order valence-electron chi connectivity index (χ3n) is 3.83. The highest BCUT2D eigenvalue weighted by atomic mass is 16.5. The summed E-state index contributed by atoms with van der Waals surface area (Å²) < 4.78 is 16.3. The van der Waals surface area contributed by atoms with E-state index in [9.17, 15) is 4.79 Å². The molecule has 0 aliphatic rings. The topological polar surface area (TPSA) is 69.2 Å². The minimum Gasteiger partial charge on any atom is -0.463 e. The molecule has 23 heavy (non-hydrogen) atoms. The lowest BCUT2D eigenvalue weighted by atomic mass is 10.1. The number of nitrogens with two attached hydrogens (primary N) is 1. The Balaban J connectivity index is 1.88. The van der Waals surface area contributed by atoms with E-state index in [0.29, 0.717) is 18.7 Å². The van der Waals surface area contributed by atoms with E-state index in [1.165, 1.54) is 0 Å². The zero-order chi connectivity index (χ0) is 16.2. The Bertz CT molecular complexity index is 789.